The Labute approximate surface area is 158 Å². The van der Waals surface area contributed by atoms with E-state index < -0.39 is 0 Å². The average Bonchev–Trinajstić information content (AvgIpc) is 3.11. The molecule has 1 saturated heterocycles. The second-order valence-corrected chi connectivity index (χ2v) is 7.07. The Hall–Kier alpha value is -2.28. The number of hydrogen-bond donors (Lipinski definition) is 1. The van der Waals surface area contributed by atoms with E-state index in [1.54, 1.807) is 0 Å². The molecule has 140 valence electrons. The summed E-state index contributed by atoms with van der Waals surface area (Å²) in [6.07, 6.45) is 0.536. The van der Waals surface area contributed by atoms with Crippen molar-refractivity contribution in [3.8, 4) is 0 Å². The Morgan fingerprint density at radius 1 is 1.31 bits per heavy atom. The number of carbonyl (C=O) groups is 1. The number of rotatable bonds is 5. The van der Waals surface area contributed by atoms with Crippen LogP contribution in [0, 0.1) is 0 Å². The van der Waals surface area contributed by atoms with Crippen LogP contribution in [0.4, 0.5) is 10.5 Å². The number of aromatic nitrogens is 2. The van der Waals surface area contributed by atoms with Crippen LogP contribution >= 0.6 is 11.6 Å². The van der Waals surface area contributed by atoms with Gasteiger partial charge in [0.2, 0.25) is 5.89 Å². The minimum absolute atomic E-state index is 0.0562. The highest BCUT2D eigenvalue weighted by Crippen LogP contribution is 2.20. The number of amides is 2. The quantitative estimate of drug-likeness (QED) is 0.867. The summed E-state index contributed by atoms with van der Waals surface area (Å²) in [5, 5.41) is 7.57. The third-order valence-electron chi connectivity index (χ3n) is 4.36. The molecule has 0 unspecified atom stereocenters. The maximum Gasteiger partial charge on any atom is 0.317 e. The minimum Gasteiger partial charge on any atom is -0.368 e. The van der Waals surface area contributed by atoms with Crippen LogP contribution in [-0.2, 0) is 6.42 Å². The lowest BCUT2D eigenvalue weighted by Crippen LogP contribution is -2.52. The van der Waals surface area contributed by atoms with E-state index in [4.69, 9.17) is 16.1 Å². The summed E-state index contributed by atoms with van der Waals surface area (Å²) < 4.78 is 5.18. The number of piperazine rings is 1. The molecule has 1 aromatic heterocycles. The summed E-state index contributed by atoms with van der Waals surface area (Å²) in [5.41, 5.74) is 1.09. The highest BCUT2D eigenvalue weighted by Gasteiger charge is 2.21. The molecule has 26 heavy (non-hydrogen) atoms. The summed E-state index contributed by atoms with van der Waals surface area (Å²) in [5.74, 6) is 1.49. The Bertz CT molecular complexity index is 741. The van der Waals surface area contributed by atoms with Crippen molar-refractivity contribution in [2.24, 2.45) is 0 Å². The molecule has 1 N–H and O–H groups in total. The van der Waals surface area contributed by atoms with E-state index >= 15 is 0 Å². The fraction of sp³-hybridized carbons (Fsp3) is 0.500. The molecule has 2 heterocycles. The fourth-order valence-electron chi connectivity index (χ4n) is 2.83. The van der Waals surface area contributed by atoms with E-state index in [9.17, 15) is 4.79 Å². The maximum atomic E-state index is 12.3. The first-order valence-corrected chi connectivity index (χ1v) is 9.26. The maximum absolute atomic E-state index is 12.3. The van der Waals surface area contributed by atoms with Crippen LogP contribution in [0.2, 0.25) is 5.02 Å². The van der Waals surface area contributed by atoms with Crippen LogP contribution in [-0.4, -0.2) is 53.8 Å². The summed E-state index contributed by atoms with van der Waals surface area (Å²) in [4.78, 5) is 20.7. The van der Waals surface area contributed by atoms with Gasteiger partial charge in [-0.05, 0) is 18.2 Å². The van der Waals surface area contributed by atoms with Crippen molar-refractivity contribution >= 4 is 23.3 Å². The van der Waals surface area contributed by atoms with Crippen molar-refractivity contribution in [2.45, 2.75) is 26.2 Å². The van der Waals surface area contributed by atoms with E-state index in [0.29, 0.717) is 37.8 Å². The van der Waals surface area contributed by atoms with Crippen molar-refractivity contribution in [1.29, 1.82) is 0 Å². The zero-order valence-electron chi connectivity index (χ0n) is 15.1. The van der Waals surface area contributed by atoms with E-state index in [1.165, 1.54) is 0 Å². The Morgan fingerprint density at radius 2 is 2.08 bits per heavy atom. The molecule has 1 aromatic carbocycles. The van der Waals surface area contributed by atoms with E-state index in [2.05, 4.69) is 20.4 Å². The number of nitrogens with one attached hydrogen (secondary N) is 1. The van der Waals surface area contributed by atoms with Crippen LogP contribution in [0.15, 0.2) is 28.8 Å². The predicted octanol–water partition coefficient (Wildman–Crippen LogP) is 2.92. The number of hydrogen-bond acceptors (Lipinski definition) is 5. The highest BCUT2D eigenvalue weighted by atomic mass is 35.5. The lowest BCUT2D eigenvalue weighted by molar-refractivity contribution is 0.194. The zero-order chi connectivity index (χ0) is 18.5. The van der Waals surface area contributed by atoms with Crippen LogP contribution in [0.5, 0.6) is 0 Å². The van der Waals surface area contributed by atoms with Gasteiger partial charge in [0.1, 0.15) is 0 Å². The molecular formula is C18H24ClN5O2. The molecule has 8 heteroatoms. The number of urea groups is 1. The van der Waals surface area contributed by atoms with Crippen molar-refractivity contribution in [1.82, 2.24) is 20.4 Å². The first-order chi connectivity index (χ1) is 12.5. The fourth-order valence-corrected chi connectivity index (χ4v) is 3.02. The van der Waals surface area contributed by atoms with E-state index in [-0.39, 0.29) is 11.9 Å². The average molecular weight is 378 g/mol. The van der Waals surface area contributed by atoms with Crippen molar-refractivity contribution in [3.05, 3.63) is 41.0 Å². The first kappa shape index (κ1) is 18.5. The van der Waals surface area contributed by atoms with Crippen LogP contribution in [0.25, 0.3) is 0 Å². The molecule has 0 saturated carbocycles. The molecule has 1 aliphatic heterocycles. The molecular weight excluding hydrogens is 354 g/mol. The summed E-state index contributed by atoms with van der Waals surface area (Å²) in [6, 6.07) is 7.74. The van der Waals surface area contributed by atoms with Gasteiger partial charge in [-0.25, -0.2) is 4.79 Å². The molecule has 0 bridgehead atoms. The molecule has 1 aliphatic rings. The van der Waals surface area contributed by atoms with Crippen molar-refractivity contribution < 1.29 is 9.32 Å². The number of anilines is 1. The van der Waals surface area contributed by atoms with Crippen molar-refractivity contribution in [3.63, 3.8) is 0 Å². The van der Waals surface area contributed by atoms with Crippen molar-refractivity contribution in [2.75, 3.05) is 37.6 Å². The SMILES string of the molecule is CC(C)c1noc(CCNC(=O)N2CCN(c3cccc(Cl)c3)CC2)n1. The molecule has 0 atom stereocenters. The monoisotopic (exact) mass is 377 g/mol. The molecule has 2 amide bonds. The lowest BCUT2D eigenvalue weighted by Gasteiger charge is -2.36. The highest BCUT2D eigenvalue weighted by molar-refractivity contribution is 6.30. The van der Waals surface area contributed by atoms with E-state index in [0.717, 1.165) is 23.8 Å². The standard InChI is InChI=1S/C18H24ClN5O2/c1-13(2)17-21-16(26-22-17)6-7-20-18(25)24-10-8-23(9-11-24)15-5-3-4-14(19)12-15/h3-5,12-13H,6-11H2,1-2H3,(H,20,25). The van der Waals surface area contributed by atoms with Gasteiger partial charge in [-0.15, -0.1) is 0 Å². The van der Waals surface area contributed by atoms with Gasteiger partial charge in [0.15, 0.2) is 5.82 Å². The molecule has 2 aromatic rings. The smallest absolute Gasteiger partial charge is 0.317 e. The molecule has 0 spiro atoms. The van der Waals surface area contributed by atoms with Crippen LogP contribution in [0.3, 0.4) is 0 Å². The van der Waals surface area contributed by atoms with Gasteiger partial charge in [-0.2, -0.15) is 4.98 Å². The zero-order valence-corrected chi connectivity index (χ0v) is 15.9. The Balaban J connectivity index is 1.42. The second kappa shape index (κ2) is 8.40. The summed E-state index contributed by atoms with van der Waals surface area (Å²) >= 11 is 6.05. The largest absolute Gasteiger partial charge is 0.368 e. The molecule has 1 fully saturated rings. The first-order valence-electron chi connectivity index (χ1n) is 8.88. The van der Waals surface area contributed by atoms with Gasteiger partial charge in [0, 0.05) is 55.8 Å². The van der Waals surface area contributed by atoms with Gasteiger partial charge < -0.3 is 19.6 Å². The minimum atomic E-state index is -0.0562. The Morgan fingerprint density at radius 3 is 2.73 bits per heavy atom. The Kier molecular flexibility index (Phi) is 5.98. The van der Waals surface area contributed by atoms with Gasteiger partial charge in [-0.3, -0.25) is 0 Å². The normalized spacial score (nSPS) is 14.8. The van der Waals surface area contributed by atoms with E-state index in [1.807, 2.05) is 43.0 Å². The lowest BCUT2D eigenvalue weighted by atomic mass is 10.2. The summed E-state index contributed by atoms with van der Waals surface area (Å²) in [7, 11) is 0. The molecule has 0 aliphatic carbocycles. The van der Waals surface area contributed by atoms with Gasteiger partial charge >= 0.3 is 6.03 Å². The number of benzene rings is 1. The third kappa shape index (κ3) is 4.66. The van der Waals surface area contributed by atoms with Gasteiger partial charge in [0.05, 0.1) is 0 Å². The number of halogens is 1. The van der Waals surface area contributed by atoms with Crippen LogP contribution < -0.4 is 10.2 Å². The molecule has 7 nitrogen and oxygen atoms in total. The molecule has 0 radical (unpaired) electrons. The third-order valence-corrected chi connectivity index (χ3v) is 4.59. The predicted molar refractivity (Wildman–Crippen MR) is 101 cm³/mol. The molecule has 3 rings (SSSR count). The second-order valence-electron chi connectivity index (χ2n) is 6.64. The van der Waals surface area contributed by atoms with Gasteiger partial charge in [-0.1, -0.05) is 36.7 Å². The number of carbonyl (C=O) groups excluding carboxylic acids is 1. The van der Waals surface area contributed by atoms with Crippen LogP contribution in [0.1, 0.15) is 31.5 Å². The summed E-state index contributed by atoms with van der Waals surface area (Å²) in [6.45, 7) is 7.43. The van der Waals surface area contributed by atoms with Gasteiger partial charge in [0.25, 0.3) is 0 Å². The topological polar surface area (TPSA) is 74.5 Å². The number of nitrogens with zero attached hydrogens (tertiary/aromatic N) is 4.